The van der Waals surface area contributed by atoms with Gasteiger partial charge in [0.1, 0.15) is 6.61 Å². The highest BCUT2D eigenvalue weighted by Gasteiger charge is 2.26. The lowest BCUT2D eigenvalue weighted by Crippen LogP contribution is -2.40. The van der Waals surface area contributed by atoms with Gasteiger partial charge in [-0.05, 0) is 24.6 Å². The van der Waals surface area contributed by atoms with Gasteiger partial charge in [0.2, 0.25) is 10.0 Å². The number of hydrogen-bond acceptors (Lipinski definition) is 5. The van der Waals surface area contributed by atoms with Gasteiger partial charge in [-0.15, -0.1) is 0 Å². The van der Waals surface area contributed by atoms with E-state index in [0.29, 0.717) is 31.9 Å². The zero-order valence-corrected chi connectivity index (χ0v) is 13.2. The molecule has 0 aromatic heterocycles. The molecular formula is C15H19NO5S. The summed E-state index contributed by atoms with van der Waals surface area (Å²) in [5, 5.41) is 0. The quantitative estimate of drug-likeness (QED) is 0.603. The van der Waals surface area contributed by atoms with E-state index in [1.165, 1.54) is 16.4 Å². The van der Waals surface area contributed by atoms with Crippen molar-refractivity contribution in [3.8, 4) is 0 Å². The Labute approximate surface area is 130 Å². The third-order valence-corrected chi connectivity index (χ3v) is 5.08. The zero-order chi connectivity index (χ0) is 16.0. The van der Waals surface area contributed by atoms with Crippen LogP contribution in [0.4, 0.5) is 0 Å². The molecule has 1 aromatic carbocycles. The van der Waals surface area contributed by atoms with E-state index < -0.39 is 16.0 Å². The molecule has 7 heteroatoms. The molecule has 1 aromatic rings. The second-order valence-corrected chi connectivity index (χ2v) is 6.71. The molecule has 1 saturated heterocycles. The summed E-state index contributed by atoms with van der Waals surface area (Å²) >= 11 is 0. The van der Waals surface area contributed by atoms with E-state index in [-0.39, 0.29) is 11.5 Å². The standard InChI is InChI=1S/C15H19NO5S/c1-2-4-15(17)21-12-13-5-3-6-14(11-13)22(18,19)16-7-9-20-10-8-16/h2-6,11H,7-10,12H2,1H3/b4-2+. The lowest BCUT2D eigenvalue weighted by molar-refractivity contribution is -0.139. The molecule has 2 rings (SSSR count). The predicted octanol–water partition coefficient (Wildman–Crippen LogP) is 1.33. The Bertz CT molecular complexity index is 648. The number of ether oxygens (including phenoxy) is 2. The summed E-state index contributed by atoms with van der Waals surface area (Å²) in [4.78, 5) is 11.5. The maximum absolute atomic E-state index is 12.5. The van der Waals surface area contributed by atoms with Gasteiger partial charge in [-0.2, -0.15) is 4.31 Å². The average Bonchev–Trinajstić information content (AvgIpc) is 2.54. The number of allylic oxidation sites excluding steroid dienone is 1. The summed E-state index contributed by atoms with van der Waals surface area (Å²) in [5.74, 6) is -0.455. The molecule has 120 valence electrons. The summed E-state index contributed by atoms with van der Waals surface area (Å²) < 4.78 is 36.7. The molecule has 0 amide bonds. The second kappa shape index (κ2) is 7.53. The van der Waals surface area contributed by atoms with Crippen LogP contribution in [0.5, 0.6) is 0 Å². The number of carbonyl (C=O) groups is 1. The van der Waals surface area contributed by atoms with E-state index in [1.54, 1.807) is 31.2 Å². The predicted molar refractivity (Wildman–Crippen MR) is 80.6 cm³/mol. The van der Waals surface area contributed by atoms with Crippen molar-refractivity contribution in [2.24, 2.45) is 0 Å². The normalized spacial score (nSPS) is 16.8. The molecule has 6 nitrogen and oxygen atoms in total. The lowest BCUT2D eigenvalue weighted by Gasteiger charge is -2.26. The number of morpholine rings is 1. The summed E-state index contributed by atoms with van der Waals surface area (Å²) in [6, 6.07) is 6.45. The Kier molecular flexibility index (Phi) is 5.70. The van der Waals surface area contributed by atoms with Crippen LogP contribution in [0.2, 0.25) is 0 Å². The number of carbonyl (C=O) groups excluding carboxylic acids is 1. The summed E-state index contributed by atoms with van der Waals surface area (Å²) in [7, 11) is -3.53. The molecule has 0 aliphatic carbocycles. The average molecular weight is 325 g/mol. The van der Waals surface area contributed by atoms with E-state index in [2.05, 4.69) is 0 Å². The van der Waals surface area contributed by atoms with E-state index in [1.807, 2.05) is 0 Å². The number of esters is 1. The van der Waals surface area contributed by atoms with Gasteiger partial charge in [0.25, 0.3) is 0 Å². The molecule has 22 heavy (non-hydrogen) atoms. The van der Waals surface area contributed by atoms with Gasteiger partial charge in [-0.3, -0.25) is 0 Å². The van der Waals surface area contributed by atoms with Crippen LogP contribution in [0.15, 0.2) is 41.3 Å². The molecule has 0 radical (unpaired) electrons. The Hall–Kier alpha value is -1.70. The van der Waals surface area contributed by atoms with Gasteiger partial charge in [0.15, 0.2) is 0 Å². The Morgan fingerprint density at radius 1 is 1.36 bits per heavy atom. The van der Waals surface area contributed by atoms with Crippen LogP contribution in [0.1, 0.15) is 12.5 Å². The van der Waals surface area contributed by atoms with Gasteiger partial charge < -0.3 is 9.47 Å². The lowest BCUT2D eigenvalue weighted by atomic mass is 10.2. The van der Waals surface area contributed by atoms with Gasteiger partial charge in [0.05, 0.1) is 18.1 Å². The van der Waals surface area contributed by atoms with Crippen molar-refractivity contribution >= 4 is 16.0 Å². The number of nitrogens with zero attached hydrogens (tertiary/aromatic N) is 1. The second-order valence-electron chi connectivity index (χ2n) is 4.77. The van der Waals surface area contributed by atoms with Crippen LogP contribution >= 0.6 is 0 Å². The number of hydrogen-bond donors (Lipinski definition) is 0. The fraction of sp³-hybridized carbons (Fsp3) is 0.400. The summed E-state index contributed by atoms with van der Waals surface area (Å²) in [6.07, 6.45) is 2.90. The zero-order valence-electron chi connectivity index (χ0n) is 12.4. The third-order valence-electron chi connectivity index (χ3n) is 3.19. The van der Waals surface area contributed by atoms with E-state index in [9.17, 15) is 13.2 Å². The van der Waals surface area contributed by atoms with Gasteiger partial charge in [-0.1, -0.05) is 18.2 Å². The van der Waals surface area contributed by atoms with Crippen molar-refractivity contribution in [3.63, 3.8) is 0 Å². The Balaban J connectivity index is 2.11. The molecule has 1 aliphatic rings. The molecular weight excluding hydrogens is 306 g/mol. The largest absolute Gasteiger partial charge is 0.458 e. The maximum Gasteiger partial charge on any atom is 0.330 e. The molecule has 0 atom stereocenters. The van der Waals surface area contributed by atoms with Gasteiger partial charge >= 0.3 is 5.97 Å². The molecule has 0 spiro atoms. The minimum atomic E-state index is -3.53. The molecule has 0 saturated carbocycles. The fourth-order valence-corrected chi connectivity index (χ4v) is 3.55. The number of benzene rings is 1. The Morgan fingerprint density at radius 3 is 2.77 bits per heavy atom. The molecule has 0 bridgehead atoms. The van der Waals surface area contributed by atoms with Crippen LogP contribution in [0.25, 0.3) is 0 Å². The topological polar surface area (TPSA) is 72.9 Å². The minimum Gasteiger partial charge on any atom is -0.458 e. The van der Waals surface area contributed by atoms with Gasteiger partial charge in [0, 0.05) is 19.2 Å². The monoisotopic (exact) mass is 325 g/mol. The highest BCUT2D eigenvalue weighted by Crippen LogP contribution is 2.18. The van der Waals surface area contributed by atoms with Crippen molar-refractivity contribution < 1.29 is 22.7 Å². The van der Waals surface area contributed by atoms with E-state index in [4.69, 9.17) is 9.47 Å². The molecule has 0 unspecified atom stereocenters. The highest BCUT2D eigenvalue weighted by molar-refractivity contribution is 7.89. The summed E-state index contributed by atoms with van der Waals surface area (Å²) in [5.41, 5.74) is 0.632. The fourth-order valence-electron chi connectivity index (χ4n) is 2.07. The van der Waals surface area contributed by atoms with Crippen LogP contribution in [-0.4, -0.2) is 45.0 Å². The van der Waals surface area contributed by atoms with Crippen molar-refractivity contribution in [2.75, 3.05) is 26.3 Å². The molecule has 0 N–H and O–H groups in total. The van der Waals surface area contributed by atoms with Crippen molar-refractivity contribution in [1.29, 1.82) is 0 Å². The van der Waals surface area contributed by atoms with Crippen molar-refractivity contribution in [2.45, 2.75) is 18.4 Å². The molecule has 1 fully saturated rings. The van der Waals surface area contributed by atoms with Crippen molar-refractivity contribution in [3.05, 3.63) is 42.0 Å². The minimum absolute atomic E-state index is 0.0373. The first-order valence-electron chi connectivity index (χ1n) is 7.00. The Morgan fingerprint density at radius 2 is 2.09 bits per heavy atom. The first kappa shape index (κ1) is 16.7. The SMILES string of the molecule is C/C=C/C(=O)OCc1cccc(S(=O)(=O)N2CCOCC2)c1. The third kappa shape index (κ3) is 4.16. The van der Waals surface area contributed by atoms with Crippen LogP contribution in [0.3, 0.4) is 0 Å². The highest BCUT2D eigenvalue weighted by atomic mass is 32.2. The van der Waals surface area contributed by atoms with Crippen molar-refractivity contribution in [1.82, 2.24) is 4.31 Å². The smallest absolute Gasteiger partial charge is 0.330 e. The number of sulfonamides is 1. The maximum atomic E-state index is 12.5. The van der Waals surface area contributed by atoms with E-state index in [0.717, 1.165) is 0 Å². The van der Waals surface area contributed by atoms with Crippen LogP contribution in [0, 0.1) is 0 Å². The summed E-state index contributed by atoms with van der Waals surface area (Å²) in [6.45, 7) is 3.26. The van der Waals surface area contributed by atoms with E-state index >= 15 is 0 Å². The molecule has 1 aliphatic heterocycles. The van der Waals surface area contributed by atoms with Crippen LogP contribution < -0.4 is 0 Å². The number of rotatable bonds is 5. The first-order valence-corrected chi connectivity index (χ1v) is 8.44. The first-order chi connectivity index (χ1) is 10.5. The van der Waals surface area contributed by atoms with Crippen LogP contribution in [-0.2, 0) is 30.9 Å². The molecule has 1 heterocycles. The van der Waals surface area contributed by atoms with Gasteiger partial charge in [-0.25, -0.2) is 13.2 Å².